The van der Waals surface area contributed by atoms with E-state index in [1.165, 1.54) is 5.56 Å². The number of nitrogens with one attached hydrogen (secondary N) is 1. The van der Waals surface area contributed by atoms with E-state index >= 15 is 0 Å². The molecule has 0 saturated carbocycles. The topological polar surface area (TPSA) is 43.4 Å². The van der Waals surface area contributed by atoms with Crippen molar-refractivity contribution in [1.29, 1.82) is 0 Å². The predicted octanol–water partition coefficient (Wildman–Crippen LogP) is 2.79. The van der Waals surface area contributed by atoms with Gasteiger partial charge in [0.15, 0.2) is 0 Å². The van der Waals surface area contributed by atoms with Crippen molar-refractivity contribution in [3.63, 3.8) is 0 Å². The van der Waals surface area contributed by atoms with E-state index in [0.29, 0.717) is 5.92 Å². The number of benzene rings is 1. The molecule has 1 atom stereocenters. The van der Waals surface area contributed by atoms with E-state index in [9.17, 15) is 0 Å². The molecule has 116 valence electrons. The molecule has 0 aliphatic carbocycles. The summed E-state index contributed by atoms with van der Waals surface area (Å²) in [7, 11) is 0. The molecule has 1 aliphatic heterocycles. The zero-order valence-corrected chi connectivity index (χ0v) is 12.7. The molecule has 1 saturated heterocycles. The first kappa shape index (κ1) is 15.0. The fraction of sp³-hybridized carbons (Fsp3) is 0.389. The minimum absolute atomic E-state index is 0.533. The highest BCUT2D eigenvalue weighted by Crippen LogP contribution is 2.17. The second-order valence-electron chi connectivity index (χ2n) is 5.61. The van der Waals surface area contributed by atoms with E-state index in [4.69, 9.17) is 9.47 Å². The smallest absolute Gasteiger partial charge is 0.119 e. The van der Waals surface area contributed by atoms with Crippen molar-refractivity contribution in [2.24, 2.45) is 5.92 Å². The van der Waals surface area contributed by atoms with Crippen LogP contribution in [0.4, 0.5) is 0 Å². The van der Waals surface area contributed by atoms with Gasteiger partial charge < -0.3 is 14.8 Å². The van der Waals surface area contributed by atoms with Crippen LogP contribution in [0, 0.1) is 5.92 Å². The Labute approximate surface area is 131 Å². The molecule has 0 bridgehead atoms. The van der Waals surface area contributed by atoms with Crippen LogP contribution in [0.1, 0.15) is 17.7 Å². The van der Waals surface area contributed by atoms with Gasteiger partial charge in [-0.15, -0.1) is 0 Å². The first-order valence-corrected chi connectivity index (χ1v) is 7.80. The molecule has 0 spiro atoms. The van der Waals surface area contributed by atoms with E-state index in [-0.39, 0.29) is 0 Å². The van der Waals surface area contributed by atoms with Gasteiger partial charge in [-0.25, -0.2) is 0 Å². The molecule has 1 unspecified atom stereocenters. The SMILES string of the molecule is c1ccc(CNCc2cccc(OCC3CCOC3)c2)nc1. The third kappa shape index (κ3) is 4.55. The van der Waals surface area contributed by atoms with Crippen LogP contribution in [0.2, 0.25) is 0 Å². The summed E-state index contributed by atoms with van der Waals surface area (Å²) in [6, 6.07) is 14.2. The van der Waals surface area contributed by atoms with Crippen LogP contribution in [-0.4, -0.2) is 24.8 Å². The zero-order chi connectivity index (χ0) is 15.0. The molecular weight excluding hydrogens is 276 g/mol. The number of nitrogens with zero attached hydrogens (tertiary/aromatic N) is 1. The first-order valence-electron chi connectivity index (χ1n) is 7.80. The Morgan fingerprint density at radius 1 is 1.18 bits per heavy atom. The van der Waals surface area contributed by atoms with Gasteiger partial charge in [0, 0.05) is 31.8 Å². The van der Waals surface area contributed by atoms with Crippen molar-refractivity contribution in [2.45, 2.75) is 19.5 Å². The Morgan fingerprint density at radius 3 is 3.00 bits per heavy atom. The second-order valence-corrected chi connectivity index (χ2v) is 5.61. The maximum absolute atomic E-state index is 5.88. The Hall–Kier alpha value is -1.91. The molecule has 4 heteroatoms. The standard InChI is InChI=1S/C18H22N2O2/c1-2-8-20-17(5-1)12-19-11-15-4-3-6-18(10-15)22-14-16-7-9-21-13-16/h1-6,8,10,16,19H,7,9,11-14H2. The lowest BCUT2D eigenvalue weighted by Gasteiger charge is -2.11. The molecule has 0 amide bonds. The molecular formula is C18H22N2O2. The van der Waals surface area contributed by atoms with Gasteiger partial charge in [-0.3, -0.25) is 4.98 Å². The molecule has 4 nitrogen and oxygen atoms in total. The lowest BCUT2D eigenvalue weighted by molar-refractivity contribution is 0.167. The molecule has 2 heterocycles. The van der Waals surface area contributed by atoms with E-state index < -0.39 is 0 Å². The van der Waals surface area contributed by atoms with Crippen LogP contribution in [0.15, 0.2) is 48.7 Å². The minimum Gasteiger partial charge on any atom is -0.493 e. The third-order valence-corrected chi connectivity index (χ3v) is 3.77. The van der Waals surface area contributed by atoms with Crippen LogP contribution in [0.25, 0.3) is 0 Å². The van der Waals surface area contributed by atoms with Crippen molar-refractivity contribution in [2.75, 3.05) is 19.8 Å². The van der Waals surface area contributed by atoms with Crippen LogP contribution in [0.5, 0.6) is 5.75 Å². The molecule has 1 aliphatic rings. The number of rotatable bonds is 7. The number of hydrogen-bond acceptors (Lipinski definition) is 4. The molecule has 1 aromatic carbocycles. The zero-order valence-electron chi connectivity index (χ0n) is 12.7. The van der Waals surface area contributed by atoms with Gasteiger partial charge in [0.05, 0.1) is 18.9 Å². The van der Waals surface area contributed by atoms with Gasteiger partial charge in [-0.1, -0.05) is 18.2 Å². The first-order chi connectivity index (χ1) is 10.9. The lowest BCUT2D eigenvalue weighted by atomic mass is 10.1. The normalized spacial score (nSPS) is 17.5. The molecule has 1 aromatic heterocycles. The van der Waals surface area contributed by atoms with Crippen LogP contribution in [0.3, 0.4) is 0 Å². The summed E-state index contributed by atoms with van der Waals surface area (Å²) in [6.07, 6.45) is 2.92. The largest absolute Gasteiger partial charge is 0.493 e. The van der Waals surface area contributed by atoms with E-state index in [1.807, 2.05) is 36.5 Å². The van der Waals surface area contributed by atoms with Gasteiger partial charge in [0.2, 0.25) is 0 Å². The highest BCUT2D eigenvalue weighted by Gasteiger charge is 2.16. The Morgan fingerprint density at radius 2 is 2.18 bits per heavy atom. The molecule has 0 radical (unpaired) electrons. The van der Waals surface area contributed by atoms with Gasteiger partial charge in [0.25, 0.3) is 0 Å². The maximum Gasteiger partial charge on any atom is 0.119 e. The van der Waals surface area contributed by atoms with Crippen LogP contribution in [-0.2, 0) is 17.8 Å². The van der Waals surface area contributed by atoms with E-state index in [2.05, 4.69) is 22.4 Å². The number of hydrogen-bond donors (Lipinski definition) is 1. The van der Waals surface area contributed by atoms with Gasteiger partial charge >= 0.3 is 0 Å². The Bertz CT molecular complexity index is 568. The van der Waals surface area contributed by atoms with Gasteiger partial charge in [-0.05, 0) is 36.2 Å². The fourth-order valence-electron chi connectivity index (χ4n) is 2.51. The lowest BCUT2D eigenvalue weighted by Crippen LogP contribution is -2.14. The number of ether oxygens (including phenoxy) is 2. The summed E-state index contributed by atoms with van der Waals surface area (Å²) in [6.45, 7) is 4.01. The van der Waals surface area contributed by atoms with Gasteiger partial charge in [-0.2, -0.15) is 0 Å². The fourth-order valence-corrected chi connectivity index (χ4v) is 2.51. The van der Waals surface area contributed by atoms with Crippen LogP contribution < -0.4 is 10.1 Å². The molecule has 3 rings (SSSR count). The highest BCUT2D eigenvalue weighted by atomic mass is 16.5. The monoisotopic (exact) mass is 298 g/mol. The molecule has 1 fully saturated rings. The molecule has 2 aromatic rings. The Balaban J connectivity index is 1.46. The van der Waals surface area contributed by atoms with Crippen molar-refractivity contribution >= 4 is 0 Å². The summed E-state index contributed by atoms with van der Waals surface area (Å²) in [5.74, 6) is 1.47. The molecule has 22 heavy (non-hydrogen) atoms. The predicted molar refractivity (Wildman–Crippen MR) is 85.6 cm³/mol. The number of aromatic nitrogens is 1. The summed E-state index contributed by atoms with van der Waals surface area (Å²) in [5.41, 5.74) is 2.27. The summed E-state index contributed by atoms with van der Waals surface area (Å²) in [4.78, 5) is 4.30. The minimum atomic E-state index is 0.533. The van der Waals surface area contributed by atoms with Gasteiger partial charge in [0.1, 0.15) is 5.75 Å². The summed E-state index contributed by atoms with van der Waals surface area (Å²) >= 11 is 0. The van der Waals surface area contributed by atoms with Crippen LogP contribution >= 0.6 is 0 Å². The second kappa shape index (κ2) is 7.92. The quantitative estimate of drug-likeness (QED) is 0.853. The highest BCUT2D eigenvalue weighted by molar-refractivity contribution is 5.28. The Kier molecular flexibility index (Phi) is 5.40. The number of pyridine rings is 1. The van der Waals surface area contributed by atoms with Crippen molar-refractivity contribution in [1.82, 2.24) is 10.3 Å². The summed E-state index contributed by atoms with van der Waals surface area (Å²) < 4.78 is 11.2. The van der Waals surface area contributed by atoms with E-state index in [1.54, 1.807) is 0 Å². The average Bonchev–Trinajstić information content (AvgIpc) is 3.08. The maximum atomic E-state index is 5.88. The van der Waals surface area contributed by atoms with Crippen molar-refractivity contribution in [3.8, 4) is 5.75 Å². The average molecular weight is 298 g/mol. The summed E-state index contributed by atoms with van der Waals surface area (Å²) in [5, 5.41) is 3.40. The van der Waals surface area contributed by atoms with Crippen molar-refractivity contribution < 1.29 is 9.47 Å². The van der Waals surface area contributed by atoms with Crippen molar-refractivity contribution in [3.05, 3.63) is 59.9 Å². The van der Waals surface area contributed by atoms with E-state index in [0.717, 1.165) is 50.8 Å². The third-order valence-electron chi connectivity index (χ3n) is 3.77. The molecule has 1 N–H and O–H groups in total.